The van der Waals surface area contributed by atoms with E-state index in [1.54, 1.807) is 19.1 Å². The van der Waals surface area contributed by atoms with E-state index in [0.29, 0.717) is 35.8 Å². The number of amides is 1. The van der Waals surface area contributed by atoms with Gasteiger partial charge in [-0.3, -0.25) is 4.79 Å². The first kappa shape index (κ1) is 24.3. The van der Waals surface area contributed by atoms with Crippen molar-refractivity contribution < 1.29 is 34.0 Å². The summed E-state index contributed by atoms with van der Waals surface area (Å²) in [6.07, 6.45) is -0.290. The van der Waals surface area contributed by atoms with E-state index in [0.717, 1.165) is 5.56 Å². The quantitative estimate of drug-likeness (QED) is 0.400. The molecule has 33 heavy (non-hydrogen) atoms. The maximum absolute atomic E-state index is 11.5. The summed E-state index contributed by atoms with van der Waals surface area (Å²) in [5.41, 5.74) is 1.42. The van der Waals surface area contributed by atoms with Crippen LogP contribution in [0.2, 0.25) is 0 Å². The largest absolute Gasteiger partial charge is 0.508 e. The molecule has 1 aliphatic heterocycles. The van der Waals surface area contributed by atoms with Crippen LogP contribution < -0.4 is 20.1 Å². The smallest absolute Gasteiger partial charge is 0.344 e. The third-order valence-electron chi connectivity index (χ3n) is 5.09. The molecule has 3 rings (SSSR count). The molecule has 2 aromatic carbocycles. The van der Waals surface area contributed by atoms with Crippen molar-refractivity contribution >= 4 is 17.6 Å². The molecule has 2 aromatic rings. The number of aliphatic hydroxyl groups excluding tert-OH is 1. The minimum absolute atomic E-state index is 0.0712. The van der Waals surface area contributed by atoms with Crippen LogP contribution in [0.4, 0.5) is 5.69 Å². The number of anilines is 1. The zero-order valence-corrected chi connectivity index (χ0v) is 19.0. The van der Waals surface area contributed by atoms with Crippen molar-refractivity contribution in [1.29, 1.82) is 0 Å². The van der Waals surface area contributed by atoms with E-state index < -0.39 is 12.1 Å². The highest BCUT2D eigenvalue weighted by Crippen LogP contribution is 2.38. The number of aromatic hydroxyl groups is 1. The van der Waals surface area contributed by atoms with Crippen molar-refractivity contribution in [3.63, 3.8) is 0 Å². The molecule has 0 spiro atoms. The summed E-state index contributed by atoms with van der Waals surface area (Å²) in [4.78, 5) is 22.9. The molecule has 1 amide bonds. The normalized spacial score (nSPS) is 14.0. The second-order valence-corrected chi connectivity index (χ2v) is 8.44. The molecule has 0 aromatic heterocycles. The lowest BCUT2D eigenvalue weighted by Gasteiger charge is -2.29. The van der Waals surface area contributed by atoms with Crippen LogP contribution in [0.15, 0.2) is 36.4 Å². The summed E-state index contributed by atoms with van der Waals surface area (Å²) >= 11 is 0. The number of esters is 1. The number of nitrogens with one attached hydrogen (secondary N) is 2. The lowest BCUT2D eigenvalue weighted by Crippen LogP contribution is -2.43. The zero-order chi connectivity index (χ0) is 24.0. The molecule has 0 saturated carbocycles. The van der Waals surface area contributed by atoms with Crippen LogP contribution in [-0.4, -0.2) is 54.0 Å². The number of fused-ring (bicyclic) bond motifs is 1. The van der Waals surface area contributed by atoms with E-state index in [4.69, 9.17) is 14.2 Å². The van der Waals surface area contributed by atoms with E-state index in [9.17, 15) is 19.8 Å². The standard InChI is InChI=1S/C24H30N2O7/c1-4-31-22(30)14-32-17-7-5-15(6-8-17)11-24(2,3)25-12-20(28)18-9-16(27)10-19-23(18)33-13-21(29)26-19/h5-10,20,25,27-28H,4,11-14H2,1-3H3,(H,26,29). The topological polar surface area (TPSA) is 126 Å². The summed E-state index contributed by atoms with van der Waals surface area (Å²) < 4.78 is 15.7. The monoisotopic (exact) mass is 458 g/mol. The number of carbonyl (C=O) groups is 2. The highest BCUT2D eigenvalue weighted by atomic mass is 16.6. The van der Waals surface area contributed by atoms with Crippen LogP contribution in [0, 0.1) is 0 Å². The van der Waals surface area contributed by atoms with Gasteiger partial charge in [0.05, 0.1) is 18.4 Å². The first-order chi connectivity index (χ1) is 15.7. The van der Waals surface area contributed by atoms with E-state index in [1.807, 2.05) is 26.0 Å². The summed E-state index contributed by atoms with van der Waals surface area (Å²) in [6.45, 7) is 6.02. The minimum atomic E-state index is -0.959. The lowest BCUT2D eigenvalue weighted by molar-refractivity contribution is -0.145. The average Bonchev–Trinajstić information content (AvgIpc) is 2.76. The van der Waals surface area contributed by atoms with Gasteiger partial charge in [0.25, 0.3) is 5.91 Å². The van der Waals surface area contributed by atoms with Crippen molar-refractivity contribution in [2.75, 3.05) is 31.7 Å². The number of benzene rings is 2. The predicted molar refractivity (Wildman–Crippen MR) is 122 cm³/mol. The van der Waals surface area contributed by atoms with Gasteiger partial charge >= 0.3 is 5.97 Å². The molecule has 1 aliphatic rings. The highest BCUT2D eigenvalue weighted by molar-refractivity contribution is 5.96. The van der Waals surface area contributed by atoms with Crippen LogP contribution in [0.1, 0.15) is 38.0 Å². The number of aliphatic hydroxyl groups is 1. The Morgan fingerprint density at radius 2 is 2.00 bits per heavy atom. The Balaban J connectivity index is 1.57. The first-order valence-electron chi connectivity index (χ1n) is 10.8. The fraction of sp³-hybridized carbons (Fsp3) is 0.417. The fourth-order valence-electron chi connectivity index (χ4n) is 3.57. The van der Waals surface area contributed by atoms with E-state index in [-0.39, 0.29) is 37.0 Å². The van der Waals surface area contributed by atoms with Gasteiger partial charge in [-0.1, -0.05) is 12.1 Å². The van der Waals surface area contributed by atoms with Gasteiger partial charge in [0.1, 0.15) is 17.2 Å². The Labute approximate surface area is 192 Å². The van der Waals surface area contributed by atoms with E-state index in [2.05, 4.69) is 10.6 Å². The average molecular weight is 459 g/mol. The third-order valence-corrected chi connectivity index (χ3v) is 5.09. The van der Waals surface area contributed by atoms with Crippen LogP contribution in [0.5, 0.6) is 17.2 Å². The molecule has 0 saturated heterocycles. The molecule has 0 aliphatic carbocycles. The summed E-state index contributed by atoms with van der Waals surface area (Å²) in [7, 11) is 0. The van der Waals surface area contributed by atoms with Gasteiger partial charge in [-0.25, -0.2) is 4.79 Å². The zero-order valence-electron chi connectivity index (χ0n) is 19.0. The number of hydrogen-bond acceptors (Lipinski definition) is 8. The summed E-state index contributed by atoms with van der Waals surface area (Å²) in [5, 5.41) is 26.7. The number of phenolic OH excluding ortho intramolecular Hbond substituents is 1. The van der Waals surface area contributed by atoms with Crippen LogP contribution in [-0.2, 0) is 20.7 Å². The molecule has 1 atom stereocenters. The van der Waals surface area contributed by atoms with Gasteiger partial charge in [-0.15, -0.1) is 0 Å². The second-order valence-electron chi connectivity index (χ2n) is 8.44. The molecular formula is C24H30N2O7. The predicted octanol–water partition coefficient (Wildman–Crippen LogP) is 2.31. The third kappa shape index (κ3) is 6.84. The van der Waals surface area contributed by atoms with Crippen molar-refractivity contribution in [1.82, 2.24) is 5.32 Å². The summed E-state index contributed by atoms with van der Waals surface area (Å²) in [5.74, 6) is 0.140. The second kappa shape index (κ2) is 10.5. The van der Waals surface area contributed by atoms with Crippen molar-refractivity contribution in [3.8, 4) is 17.2 Å². The maximum atomic E-state index is 11.5. The Morgan fingerprint density at radius 1 is 1.27 bits per heavy atom. The molecule has 0 fully saturated rings. The number of carbonyl (C=O) groups excluding carboxylic acids is 2. The Kier molecular flexibility index (Phi) is 7.78. The SMILES string of the molecule is CCOC(=O)COc1ccc(CC(C)(C)NCC(O)c2cc(O)cc3c2OCC(=O)N3)cc1. The van der Waals surface area contributed by atoms with Crippen LogP contribution in [0.3, 0.4) is 0 Å². The van der Waals surface area contributed by atoms with Gasteiger partial charge in [0, 0.05) is 23.7 Å². The highest BCUT2D eigenvalue weighted by Gasteiger charge is 2.26. The number of ether oxygens (including phenoxy) is 3. The maximum Gasteiger partial charge on any atom is 0.344 e. The van der Waals surface area contributed by atoms with Gasteiger partial charge in [0.15, 0.2) is 13.2 Å². The molecular weight excluding hydrogens is 428 g/mol. The number of β-amino-alcohol motifs (C(OH)–C–C–N with tert-alkyl or cyclic N) is 1. The lowest BCUT2D eigenvalue weighted by atomic mass is 9.94. The Morgan fingerprint density at radius 3 is 2.70 bits per heavy atom. The molecule has 1 unspecified atom stereocenters. The first-order valence-corrected chi connectivity index (χ1v) is 10.8. The van der Waals surface area contributed by atoms with E-state index >= 15 is 0 Å². The van der Waals surface area contributed by atoms with Crippen molar-refractivity contribution in [2.45, 2.75) is 38.8 Å². The molecule has 0 bridgehead atoms. The van der Waals surface area contributed by atoms with Crippen molar-refractivity contribution in [3.05, 3.63) is 47.5 Å². The number of hydrogen-bond donors (Lipinski definition) is 4. The van der Waals surface area contributed by atoms with Gasteiger partial charge in [-0.2, -0.15) is 0 Å². The van der Waals surface area contributed by atoms with Gasteiger partial charge in [-0.05, 0) is 51.0 Å². The fourth-order valence-corrected chi connectivity index (χ4v) is 3.57. The van der Waals surface area contributed by atoms with Crippen LogP contribution in [0.25, 0.3) is 0 Å². The Bertz CT molecular complexity index is 989. The van der Waals surface area contributed by atoms with Crippen LogP contribution >= 0.6 is 0 Å². The van der Waals surface area contributed by atoms with Crippen molar-refractivity contribution in [2.24, 2.45) is 0 Å². The number of phenols is 1. The Hall–Kier alpha value is -3.30. The summed E-state index contributed by atoms with van der Waals surface area (Å²) in [6, 6.07) is 10.3. The molecule has 1 heterocycles. The minimum Gasteiger partial charge on any atom is -0.508 e. The molecule has 9 nitrogen and oxygen atoms in total. The molecule has 9 heteroatoms. The molecule has 4 N–H and O–H groups in total. The molecule has 0 radical (unpaired) electrons. The van der Waals surface area contributed by atoms with E-state index in [1.165, 1.54) is 12.1 Å². The van der Waals surface area contributed by atoms with Gasteiger partial charge < -0.3 is 35.1 Å². The number of rotatable bonds is 10. The van der Waals surface area contributed by atoms with Gasteiger partial charge in [0.2, 0.25) is 0 Å². The molecule has 178 valence electrons.